The van der Waals surface area contributed by atoms with Gasteiger partial charge in [-0.05, 0) is 18.2 Å². The van der Waals surface area contributed by atoms with Gasteiger partial charge < -0.3 is 15.4 Å². The van der Waals surface area contributed by atoms with E-state index in [1.165, 1.54) is 0 Å². The van der Waals surface area contributed by atoms with Gasteiger partial charge in [-0.3, -0.25) is 19.5 Å². The second-order valence-electron chi connectivity index (χ2n) is 7.07. The third kappa shape index (κ3) is 6.15. The Labute approximate surface area is 177 Å². The zero-order valence-corrected chi connectivity index (χ0v) is 17.2. The van der Waals surface area contributed by atoms with Gasteiger partial charge >= 0.3 is 0 Å². The molecule has 2 aromatic rings. The molecule has 1 atom stereocenters. The lowest BCUT2D eigenvalue weighted by atomic mass is 10.1. The van der Waals surface area contributed by atoms with Crippen molar-refractivity contribution in [3.05, 3.63) is 66.0 Å². The van der Waals surface area contributed by atoms with E-state index in [0.717, 1.165) is 17.0 Å². The summed E-state index contributed by atoms with van der Waals surface area (Å²) < 4.78 is 5.36. The van der Waals surface area contributed by atoms with Crippen molar-refractivity contribution in [1.29, 1.82) is 0 Å². The maximum absolute atomic E-state index is 12.4. The first kappa shape index (κ1) is 21.5. The van der Waals surface area contributed by atoms with E-state index < -0.39 is 6.04 Å². The third-order valence-electron chi connectivity index (χ3n) is 5.03. The molecular formula is C23H28N4O3. The van der Waals surface area contributed by atoms with E-state index in [1.807, 2.05) is 59.5 Å². The number of aromatic nitrogens is 1. The quantitative estimate of drug-likeness (QED) is 0.659. The standard InChI is InChI=1S/C23H28N4O3/c1-30-21-10-3-2-7-18(21)8-6-15-27-16-14-26-23(29)20(27)17-22(28)25-13-11-19-9-4-5-12-24-19/h2-10,12,20H,11,13-17H2,1H3,(H,25,28)(H,26,29)/b8-6+. The van der Waals surface area contributed by atoms with Crippen molar-refractivity contribution in [3.63, 3.8) is 0 Å². The van der Waals surface area contributed by atoms with Crippen molar-refractivity contribution in [2.45, 2.75) is 18.9 Å². The van der Waals surface area contributed by atoms with Gasteiger partial charge in [-0.2, -0.15) is 0 Å². The summed E-state index contributed by atoms with van der Waals surface area (Å²) in [6.45, 7) is 2.36. The highest BCUT2D eigenvalue weighted by atomic mass is 16.5. The second kappa shape index (κ2) is 11.1. The molecule has 1 aliphatic rings. The Kier molecular flexibility index (Phi) is 7.97. The van der Waals surface area contributed by atoms with Crippen LogP contribution in [0.5, 0.6) is 5.75 Å². The highest BCUT2D eigenvalue weighted by Crippen LogP contribution is 2.19. The smallest absolute Gasteiger partial charge is 0.237 e. The lowest BCUT2D eigenvalue weighted by Crippen LogP contribution is -2.56. The molecule has 0 aliphatic carbocycles. The molecule has 1 aromatic carbocycles. The molecule has 1 aliphatic heterocycles. The molecular weight excluding hydrogens is 380 g/mol. The Bertz CT molecular complexity index is 870. The maximum atomic E-state index is 12.4. The number of para-hydroxylation sites is 1. The largest absolute Gasteiger partial charge is 0.496 e. The molecule has 158 valence electrons. The van der Waals surface area contributed by atoms with Crippen LogP contribution in [-0.2, 0) is 16.0 Å². The molecule has 30 heavy (non-hydrogen) atoms. The Morgan fingerprint density at radius 3 is 2.93 bits per heavy atom. The predicted octanol–water partition coefficient (Wildman–Crippen LogP) is 1.65. The van der Waals surface area contributed by atoms with E-state index >= 15 is 0 Å². The number of ether oxygens (including phenoxy) is 1. The fraction of sp³-hybridized carbons (Fsp3) is 0.348. The fourth-order valence-corrected chi connectivity index (χ4v) is 3.45. The van der Waals surface area contributed by atoms with Crippen molar-refractivity contribution in [3.8, 4) is 5.75 Å². The van der Waals surface area contributed by atoms with Crippen LogP contribution < -0.4 is 15.4 Å². The number of carbonyl (C=O) groups is 2. The topological polar surface area (TPSA) is 83.6 Å². The lowest BCUT2D eigenvalue weighted by molar-refractivity contribution is -0.133. The van der Waals surface area contributed by atoms with Gasteiger partial charge in [0.25, 0.3) is 0 Å². The van der Waals surface area contributed by atoms with Crippen molar-refractivity contribution in [2.75, 3.05) is 33.3 Å². The zero-order chi connectivity index (χ0) is 21.2. The van der Waals surface area contributed by atoms with Gasteiger partial charge in [-0.15, -0.1) is 0 Å². The first-order chi connectivity index (χ1) is 14.7. The molecule has 7 heteroatoms. The fourth-order valence-electron chi connectivity index (χ4n) is 3.45. The number of benzene rings is 1. The summed E-state index contributed by atoms with van der Waals surface area (Å²) in [5.41, 5.74) is 1.90. The van der Waals surface area contributed by atoms with Crippen molar-refractivity contribution in [1.82, 2.24) is 20.5 Å². The van der Waals surface area contributed by atoms with Crippen LogP contribution in [0.4, 0.5) is 0 Å². The molecule has 7 nitrogen and oxygen atoms in total. The first-order valence-corrected chi connectivity index (χ1v) is 10.2. The third-order valence-corrected chi connectivity index (χ3v) is 5.03. The molecule has 0 bridgehead atoms. The summed E-state index contributed by atoms with van der Waals surface area (Å²) in [5, 5.41) is 5.76. The van der Waals surface area contributed by atoms with Crippen LogP contribution >= 0.6 is 0 Å². The average Bonchev–Trinajstić information content (AvgIpc) is 2.77. The summed E-state index contributed by atoms with van der Waals surface area (Å²) in [6, 6.07) is 13.0. The van der Waals surface area contributed by atoms with Crippen LogP contribution in [0, 0.1) is 0 Å². The lowest BCUT2D eigenvalue weighted by Gasteiger charge is -2.33. The molecule has 2 N–H and O–H groups in total. The van der Waals surface area contributed by atoms with Crippen molar-refractivity contribution < 1.29 is 14.3 Å². The van der Waals surface area contributed by atoms with E-state index in [-0.39, 0.29) is 18.2 Å². The number of pyridine rings is 1. The van der Waals surface area contributed by atoms with Crippen LogP contribution in [-0.4, -0.2) is 61.0 Å². The van der Waals surface area contributed by atoms with Crippen LogP contribution in [0.2, 0.25) is 0 Å². The molecule has 3 rings (SSSR count). The van der Waals surface area contributed by atoms with Crippen LogP contribution in [0.1, 0.15) is 17.7 Å². The summed E-state index contributed by atoms with van der Waals surface area (Å²) in [5.74, 6) is 0.562. The van der Waals surface area contributed by atoms with Gasteiger partial charge in [0.1, 0.15) is 5.75 Å². The Morgan fingerprint density at radius 2 is 2.13 bits per heavy atom. The highest BCUT2D eigenvalue weighted by molar-refractivity contribution is 5.88. The van der Waals surface area contributed by atoms with Crippen molar-refractivity contribution in [2.24, 2.45) is 0 Å². The predicted molar refractivity (Wildman–Crippen MR) is 116 cm³/mol. The molecule has 1 unspecified atom stereocenters. The average molecular weight is 409 g/mol. The Balaban J connectivity index is 1.53. The molecule has 0 spiro atoms. The van der Waals surface area contributed by atoms with E-state index in [1.54, 1.807) is 13.3 Å². The normalized spacial score (nSPS) is 17.0. The van der Waals surface area contributed by atoms with Gasteiger partial charge in [0.15, 0.2) is 0 Å². The number of nitrogens with zero attached hydrogens (tertiary/aromatic N) is 2. The Hall–Kier alpha value is -3.19. The van der Waals surface area contributed by atoms with Gasteiger partial charge in [0, 0.05) is 50.1 Å². The van der Waals surface area contributed by atoms with Gasteiger partial charge in [-0.25, -0.2) is 0 Å². The second-order valence-corrected chi connectivity index (χ2v) is 7.07. The van der Waals surface area contributed by atoms with E-state index in [9.17, 15) is 9.59 Å². The molecule has 0 saturated carbocycles. The maximum Gasteiger partial charge on any atom is 0.237 e. The number of hydrogen-bond acceptors (Lipinski definition) is 5. The molecule has 0 radical (unpaired) electrons. The van der Waals surface area contributed by atoms with Crippen LogP contribution in [0.15, 0.2) is 54.7 Å². The van der Waals surface area contributed by atoms with E-state index in [4.69, 9.17) is 4.74 Å². The zero-order valence-electron chi connectivity index (χ0n) is 17.2. The number of amides is 2. The van der Waals surface area contributed by atoms with Gasteiger partial charge in [0.2, 0.25) is 11.8 Å². The number of nitrogens with one attached hydrogen (secondary N) is 2. The van der Waals surface area contributed by atoms with Crippen LogP contribution in [0.3, 0.4) is 0 Å². The van der Waals surface area contributed by atoms with E-state index in [2.05, 4.69) is 15.6 Å². The number of piperazine rings is 1. The van der Waals surface area contributed by atoms with Gasteiger partial charge in [0.05, 0.1) is 19.6 Å². The summed E-state index contributed by atoms with van der Waals surface area (Å²) in [4.78, 5) is 31.1. The SMILES string of the molecule is COc1ccccc1/C=C/CN1CCNC(=O)C1CC(=O)NCCc1ccccn1. The highest BCUT2D eigenvalue weighted by Gasteiger charge is 2.30. The number of rotatable bonds is 9. The number of carbonyl (C=O) groups excluding carboxylic acids is 2. The van der Waals surface area contributed by atoms with Gasteiger partial charge in [-0.1, -0.05) is 36.4 Å². The molecule has 1 saturated heterocycles. The molecule has 2 amide bonds. The number of methoxy groups -OCH3 is 1. The molecule has 1 fully saturated rings. The van der Waals surface area contributed by atoms with E-state index in [0.29, 0.717) is 32.6 Å². The minimum Gasteiger partial charge on any atom is -0.496 e. The summed E-state index contributed by atoms with van der Waals surface area (Å²) >= 11 is 0. The monoisotopic (exact) mass is 408 g/mol. The van der Waals surface area contributed by atoms with Crippen molar-refractivity contribution >= 4 is 17.9 Å². The van der Waals surface area contributed by atoms with Crippen LogP contribution in [0.25, 0.3) is 6.08 Å². The summed E-state index contributed by atoms with van der Waals surface area (Å²) in [6.07, 6.45) is 6.52. The minimum atomic E-state index is -0.476. The minimum absolute atomic E-state index is 0.105. The number of hydrogen-bond donors (Lipinski definition) is 2. The Morgan fingerprint density at radius 1 is 1.30 bits per heavy atom. The molecule has 2 heterocycles. The first-order valence-electron chi connectivity index (χ1n) is 10.2. The summed E-state index contributed by atoms with van der Waals surface area (Å²) in [7, 11) is 1.64. The molecule has 1 aromatic heterocycles.